The Kier molecular flexibility index (Phi) is 9.42. The predicted molar refractivity (Wildman–Crippen MR) is 120 cm³/mol. The number of aromatic nitrogens is 1. The Balaban J connectivity index is 0.00000385. The summed E-state index contributed by atoms with van der Waals surface area (Å²) in [5, 5.41) is 16.8. The third-order valence-electron chi connectivity index (χ3n) is 5.17. The molecule has 3 rings (SSSR count). The number of aryl methyl sites for hydroxylation is 1. The summed E-state index contributed by atoms with van der Waals surface area (Å²) in [7, 11) is 0. The van der Waals surface area contributed by atoms with Gasteiger partial charge in [0.1, 0.15) is 23.6 Å². The van der Waals surface area contributed by atoms with Gasteiger partial charge in [-0.05, 0) is 32.0 Å². The number of nitrogens with one attached hydrogen (secondary N) is 3. The third-order valence-corrected chi connectivity index (χ3v) is 6.12. The normalized spacial score (nSPS) is 14.7. The SMILES string of the molecule is Cc1[nH]c(C(=O)Nc2ccc(C(=O)N[C@@H](C)C(=O)O)cc2OC2CC[NH2+]CC2)c(Cl)c1Cl.[Cl-]. The van der Waals surface area contributed by atoms with Gasteiger partial charge in [-0.15, -0.1) is 0 Å². The van der Waals surface area contributed by atoms with Gasteiger partial charge in [-0.3, -0.25) is 14.4 Å². The van der Waals surface area contributed by atoms with Crippen molar-refractivity contribution in [1.29, 1.82) is 0 Å². The van der Waals surface area contributed by atoms with Gasteiger partial charge in [-0.1, -0.05) is 23.2 Å². The van der Waals surface area contributed by atoms with Crippen molar-refractivity contribution in [2.45, 2.75) is 38.8 Å². The summed E-state index contributed by atoms with van der Waals surface area (Å²) < 4.78 is 6.13. The molecule has 0 saturated carbocycles. The number of rotatable bonds is 7. The Labute approximate surface area is 207 Å². The van der Waals surface area contributed by atoms with Gasteiger partial charge in [-0.25, -0.2) is 0 Å². The summed E-state index contributed by atoms with van der Waals surface area (Å²) in [6.45, 7) is 4.90. The summed E-state index contributed by atoms with van der Waals surface area (Å²) in [6, 6.07) is 3.46. The molecule has 0 spiro atoms. The predicted octanol–water partition coefficient (Wildman–Crippen LogP) is -0.806. The van der Waals surface area contributed by atoms with Gasteiger partial charge in [-0.2, -0.15) is 0 Å². The van der Waals surface area contributed by atoms with Gasteiger partial charge in [0.05, 0.1) is 28.8 Å². The fourth-order valence-electron chi connectivity index (χ4n) is 3.31. The van der Waals surface area contributed by atoms with E-state index in [9.17, 15) is 14.4 Å². The van der Waals surface area contributed by atoms with Crippen molar-refractivity contribution in [2.24, 2.45) is 0 Å². The first kappa shape index (κ1) is 26.8. The lowest BCUT2D eigenvalue weighted by Gasteiger charge is -2.24. The molecule has 0 bridgehead atoms. The van der Waals surface area contributed by atoms with Crippen LogP contribution in [-0.2, 0) is 4.79 Å². The highest BCUT2D eigenvalue weighted by molar-refractivity contribution is 6.44. The van der Waals surface area contributed by atoms with E-state index in [-0.39, 0.29) is 39.8 Å². The Morgan fingerprint density at radius 1 is 1.18 bits per heavy atom. The largest absolute Gasteiger partial charge is 1.00 e. The lowest BCUT2D eigenvalue weighted by Crippen LogP contribution is -3.00. The van der Waals surface area contributed by atoms with E-state index in [1.165, 1.54) is 25.1 Å². The molecule has 33 heavy (non-hydrogen) atoms. The van der Waals surface area contributed by atoms with E-state index in [1.54, 1.807) is 6.92 Å². The molecule has 9 nitrogen and oxygen atoms in total. The van der Waals surface area contributed by atoms with E-state index in [2.05, 4.69) is 20.9 Å². The van der Waals surface area contributed by atoms with Crippen molar-refractivity contribution in [1.82, 2.24) is 10.3 Å². The zero-order chi connectivity index (χ0) is 23.4. The number of benzene rings is 1. The van der Waals surface area contributed by atoms with E-state index in [4.69, 9.17) is 33.0 Å². The lowest BCUT2D eigenvalue weighted by atomic mass is 10.1. The minimum Gasteiger partial charge on any atom is -1.00 e. The molecule has 1 saturated heterocycles. The van der Waals surface area contributed by atoms with Crippen LogP contribution in [-0.4, -0.2) is 53.1 Å². The number of aliphatic carboxylic acids is 1. The molecule has 0 radical (unpaired) electrons. The topological polar surface area (TPSA) is 137 Å². The van der Waals surface area contributed by atoms with Crippen LogP contribution in [0.2, 0.25) is 10.0 Å². The number of H-pyrrole nitrogens is 1. The number of anilines is 1. The zero-order valence-electron chi connectivity index (χ0n) is 18.0. The highest BCUT2D eigenvalue weighted by Gasteiger charge is 2.23. The van der Waals surface area contributed by atoms with Crippen molar-refractivity contribution in [3.8, 4) is 5.75 Å². The zero-order valence-corrected chi connectivity index (χ0v) is 20.3. The van der Waals surface area contributed by atoms with E-state index in [1.807, 2.05) is 0 Å². The highest BCUT2D eigenvalue weighted by Crippen LogP contribution is 2.32. The molecular formula is C21H25Cl3N4O5. The summed E-state index contributed by atoms with van der Waals surface area (Å²) in [5.41, 5.74) is 1.25. The summed E-state index contributed by atoms with van der Waals surface area (Å²) >= 11 is 12.2. The molecule has 0 aliphatic carbocycles. The van der Waals surface area contributed by atoms with Gasteiger partial charge >= 0.3 is 5.97 Å². The fourth-order valence-corrected chi connectivity index (χ4v) is 3.73. The van der Waals surface area contributed by atoms with Crippen molar-refractivity contribution in [3.05, 3.63) is 45.2 Å². The number of amides is 2. The molecule has 0 unspecified atom stereocenters. The Morgan fingerprint density at radius 2 is 1.85 bits per heavy atom. The number of hydrogen-bond acceptors (Lipinski definition) is 4. The Bertz CT molecular complexity index is 1040. The second kappa shape index (κ2) is 11.6. The average Bonchev–Trinajstić information content (AvgIpc) is 3.02. The number of carbonyl (C=O) groups excluding carboxylic acids is 2. The van der Waals surface area contributed by atoms with Crippen molar-refractivity contribution < 1.29 is 42.0 Å². The maximum Gasteiger partial charge on any atom is 0.325 e. The smallest absolute Gasteiger partial charge is 0.325 e. The van der Waals surface area contributed by atoms with E-state index in [0.29, 0.717) is 17.1 Å². The van der Waals surface area contributed by atoms with E-state index in [0.717, 1.165) is 25.9 Å². The first-order valence-electron chi connectivity index (χ1n) is 10.2. The maximum atomic E-state index is 12.8. The molecule has 1 aliphatic rings. The molecule has 12 heteroatoms. The van der Waals surface area contributed by atoms with E-state index < -0.39 is 23.8 Å². The maximum absolute atomic E-state index is 12.8. The van der Waals surface area contributed by atoms with Crippen molar-refractivity contribution in [2.75, 3.05) is 18.4 Å². The van der Waals surface area contributed by atoms with Crippen molar-refractivity contribution >= 4 is 46.7 Å². The molecule has 1 aromatic carbocycles. The van der Waals surface area contributed by atoms with Gasteiger partial charge in [0.2, 0.25) is 0 Å². The third kappa shape index (κ3) is 6.54. The number of nitrogens with two attached hydrogens (primary N) is 1. The number of piperidine rings is 1. The van der Waals surface area contributed by atoms with Crippen LogP contribution in [0.25, 0.3) is 0 Å². The van der Waals surface area contributed by atoms with Crippen molar-refractivity contribution in [3.63, 3.8) is 0 Å². The molecule has 1 aromatic heterocycles. The molecule has 1 aliphatic heterocycles. The molecule has 6 N–H and O–H groups in total. The van der Waals surface area contributed by atoms with Crippen LogP contribution in [0.1, 0.15) is 46.3 Å². The molecule has 1 fully saturated rings. The van der Waals surface area contributed by atoms with Crippen LogP contribution >= 0.6 is 23.2 Å². The molecule has 2 aromatic rings. The minimum absolute atomic E-state index is 0. The second-order valence-electron chi connectivity index (χ2n) is 7.63. The fraction of sp³-hybridized carbons (Fsp3) is 0.381. The lowest BCUT2D eigenvalue weighted by molar-refractivity contribution is -0.664. The highest BCUT2D eigenvalue weighted by atomic mass is 35.5. The molecular weight excluding hydrogens is 495 g/mol. The summed E-state index contributed by atoms with van der Waals surface area (Å²) in [5.74, 6) is -1.90. The van der Waals surface area contributed by atoms with Gasteiger partial charge in [0.15, 0.2) is 0 Å². The van der Waals surface area contributed by atoms with Crippen LogP contribution in [0, 0.1) is 6.92 Å². The molecule has 2 heterocycles. The monoisotopic (exact) mass is 518 g/mol. The average molecular weight is 520 g/mol. The van der Waals surface area contributed by atoms with Gasteiger partial charge in [0, 0.05) is 24.1 Å². The Morgan fingerprint density at radius 3 is 2.42 bits per heavy atom. The number of carboxylic acid groups (broad SMARTS) is 1. The number of carboxylic acids is 1. The summed E-state index contributed by atoms with van der Waals surface area (Å²) in [4.78, 5) is 39.2. The van der Waals surface area contributed by atoms with E-state index >= 15 is 0 Å². The molecule has 2 amide bonds. The standard InChI is InChI=1S/C21H24Cl2N4O5.ClH/c1-10-16(22)17(23)18(25-10)20(29)27-14-4-3-12(19(28)26-11(2)21(30)31)9-15(14)32-13-5-7-24-8-6-13;/h3-4,9,11,13,24-25H,5-8H2,1-2H3,(H,26,28)(H,27,29)(H,30,31);1H/t11-;/m0./s1. The molecule has 1 atom stereocenters. The number of quaternary nitrogens is 1. The van der Waals surface area contributed by atoms with Crippen LogP contribution in [0.5, 0.6) is 5.75 Å². The van der Waals surface area contributed by atoms with Crippen LogP contribution in [0.15, 0.2) is 18.2 Å². The second-order valence-corrected chi connectivity index (χ2v) is 8.39. The van der Waals surface area contributed by atoms with Gasteiger partial charge < -0.3 is 43.2 Å². The van der Waals surface area contributed by atoms with Crippen LogP contribution in [0.3, 0.4) is 0 Å². The molecule has 180 valence electrons. The number of halogens is 3. The number of hydrogen-bond donors (Lipinski definition) is 5. The summed E-state index contributed by atoms with van der Waals surface area (Å²) in [6.07, 6.45) is 1.56. The van der Waals surface area contributed by atoms with Gasteiger partial charge in [0.25, 0.3) is 11.8 Å². The quantitative estimate of drug-likeness (QED) is 0.326. The minimum atomic E-state index is -1.14. The number of aromatic amines is 1. The number of carbonyl (C=O) groups is 3. The Hall–Kier alpha value is -2.46. The van der Waals surface area contributed by atoms with Crippen LogP contribution < -0.4 is 33.1 Å². The number of ether oxygens (including phenoxy) is 1. The van der Waals surface area contributed by atoms with Crippen LogP contribution in [0.4, 0.5) is 5.69 Å². The first-order valence-corrected chi connectivity index (χ1v) is 10.9. The first-order chi connectivity index (χ1) is 15.2.